The molecule has 98 valence electrons. The molecule has 0 atom stereocenters. The zero-order valence-electron chi connectivity index (χ0n) is 10.7. The molecule has 1 N–H and O–H groups in total. The Bertz CT molecular complexity index is 409. The summed E-state index contributed by atoms with van der Waals surface area (Å²) in [6, 6.07) is 9.21. The van der Waals surface area contributed by atoms with Crippen molar-refractivity contribution in [2.45, 2.75) is 27.4 Å². The highest BCUT2D eigenvalue weighted by Gasteiger charge is 2.24. The fourth-order valence-electron chi connectivity index (χ4n) is 0.994. The quantitative estimate of drug-likeness (QED) is 0.820. The lowest BCUT2D eigenvalue weighted by Crippen LogP contribution is -2.33. The highest BCUT2D eigenvalue weighted by atomic mass is 16.7. The van der Waals surface area contributed by atoms with Gasteiger partial charge in [0.05, 0.1) is 5.41 Å². The maximum atomic E-state index is 11.4. The molecule has 0 bridgehead atoms. The van der Waals surface area contributed by atoms with Gasteiger partial charge in [-0.15, -0.1) is 5.48 Å². The molecular weight excluding hydrogens is 234 g/mol. The number of carbonyl (C=O) groups is 2. The minimum Gasteiger partial charge on any atom is -0.443 e. The average molecular weight is 251 g/mol. The van der Waals surface area contributed by atoms with Crippen LogP contribution in [0.3, 0.4) is 0 Å². The number of hydroxylamine groups is 1. The van der Waals surface area contributed by atoms with Gasteiger partial charge in [-0.2, -0.15) is 0 Å². The molecule has 5 heteroatoms. The van der Waals surface area contributed by atoms with Crippen molar-refractivity contribution in [3.63, 3.8) is 0 Å². The lowest BCUT2D eigenvalue weighted by molar-refractivity contribution is -0.159. The monoisotopic (exact) mass is 251 g/mol. The number of amides is 1. The highest BCUT2D eigenvalue weighted by molar-refractivity contribution is 5.77. The van der Waals surface area contributed by atoms with Gasteiger partial charge in [-0.3, -0.25) is 0 Å². The van der Waals surface area contributed by atoms with Crippen LogP contribution in [0.4, 0.5) is 4.79 Å². The van der Waals surface area contributed by atoms with E-state index >= 15 is 0 Å². The number of carbonyl (C=O) groups excluding carboxylic acids is 2. The summed E-state index contributed by atoms with van der Waals surface area (Å²) < 4.78 is 4.86. The van der Waals surface area contributed by atoms with Crippen LogP contribution in [0.5, 0.6) is 0 Å². The van der Waals surface area contributed by atoms with Crippen LogP contribution in [0.1, 0.15) is 26.3 Å². The van der Waals surface area contributed by atoms with Gasteiger partial charge < -0.3 is 9.57 Å². The Labute approximate surface area is 106 Å². The van der Waals surface area contributed by atoms with E-state index in [1.807, 2.05) is 35.8 Å². The molecule has 0 fully saturated rings. The minimum atomic E-state index is -0.795. The first-order valence-electron chi connectivity index (χ1n) is 5.57. The van der Waals surface area contributed by atoms with Crippen LogP contribution in [0, 0.1) is 5.41 Å². The van der Waals surface area contributed by atoms with Gasteiger partial charge in [-0.05, 0) is 26.3 Å². The van der Waals surface area contributed by atoms with Gasteiger partial charge in [-0.1, -0.05) is 30.3 Å². The predicted octanol–water partition coefficient (Wildman–Crippen LogP) is 2.42. The summed E-state index contributed by atoms with van der Waals surface area (Å²) in [5.41, 5.74) is 2.13. The van der Waals surface area contributed by atoms with E-state index in [1.165, 1.54) is 0 Å². The SMILES string of the molecule is CC(C)(C)C(=O)ONC(=O)OCc1ccccc1. The lowest BCUT2D eigenvalue weighted by Gasteiger charge is -2.15. The normalized spacial score (nSPS) is 10.6. The Kier molecular flexibility index (Phi) is 4.71. The lowest BCUT2D eigenvalue weighted by atomic mass is 9.98. The molecule has 0 saturated heterocycles. The van der Waals surface area contributed by atoms with Crippen LogP contribution in [0.2, 0.25) is 0 Å². The summed E-state index contributed by atoms with van der Waals surface area (Å²) in [6.45, 7) is 5.19. The van der Waals surface area contributed by atoms with Crippen LogP contribution >= 0.6 is 0 Å². The molecule has 0 aliphatic rings. The Morgan fingerprint density at radius 3 is 2.33 bits per heavy atom. The van der Waals surface area contributed by atoms with E-state index < -0.39 is 17.5 Å². The average Bonchev–Trinajstić information content (AvgIpc) is 2.33. The molecule has 0 aromatic heterocycles. The maximum Gasteiger partial charge on any atom is 0.441 e. The number of rotatable bonds is 2. The van der Waals surface area contributed by atoms with E-state index in [-0.39, 0.29) is 6.61 Å². The first-order chi connectivity index (χ1) is 8.39. The van der Waals surface area contributed by atoms with Gasteiger partial charge in [-0.25, -0.2) is 9.59 Å². The molecule has 0 spiro atoms. The molecule has 1 aromatic rings. The standard InChI is InChI=1S/C13H17NO4/c1-13(2,3)11(15)18-14-12(16)17-9-10-7-5-4-6-8-10/h4-8H,9H2,1-3H3,(H,14,16). The third kappa shape index (κ3) is 4.86. The van der Waals surface area contributed by atoms with Crippen LogP contribution in [-0.2, 0) is 21.0 Å². The molecule has 0 unspecified atom stereocenters. The van der Waals surface area contributed by atoms with Crippen molar-refractivity contribution in [2.75, 3.05) is 0 Å². The van der Waals surface area contributed by atoms with Gasteiger partial charge >= 0.3 is 12.1 Å². The Balaban J connectivity index is 2.29. The van der Waals surface area contributed by atoms with Gasteiger partial charge in [0.15, 0.2) is 0 Å². The highest BCUT2D eigenvalue weighted by Crippen LogP contribution is 2.14. The summed E-state index contributed by atoms with van der Waals surface area (Å²) in [6.07, 6.45) is -0.795. The largest absolute Gasteiger partial charge is 0.443 e. The number of nitrogens with one attached hydrogen (secondary N) is 1. The smallest absolute Gasteiger partial charge is 0.441 e. The molecule has 1 rings (SSSR count). The maximum absolute atomic E-state index is 11.4. The van der Waals surface area contributed by atoms with Crippen molar-refractivity contribution in [3.05, 3.63) is 35.9 Å². The third-order valence-electron chi connectivity index (χ3n) is 2.05. The minimum absolute atomic E-state index is 0.125. The Hall–Kier alpha value is -2.04. The number of benzene rings is 1. The molecular formula is C13H17NO4. The van der Waals surface area contributed by atoms with Crippen molar-refractivity contribution in [1.29, 1.82) is 0 Å². The van der Waals surface area contributed by atoms with Crippen molar-refractivity contribution < 1.29 is 19.2 Å². The topological polar surface area (TPSA) is 64.6 Å². The molecule has 0 aliphatic heterocycles. The predicted molar refractivity (Wildman–Crippen MR) is 65.3 cm³/mol. The molecule has 0 heterocycles. The van der Waals surface area contributed by atoms with E-state index in [1.54, 1.807) is 20.8 Å². The fraction of sp³-hybridized carbons (Fsp3) is 0.385. The van der Waals surface area contributed by atoms with Crippen molar-refractivity contribution >= 4 is 12.1 Å². The van der Waals surface area contributed by atoms with Gasteiger partial charge in [0.1, 0.15) is 6.61 Å². The molecule has 0 aliphatic carbocycles. The molecule has 0 radical (unpaired) electrons. The zero-order chi connectivity index (χ0) is 13.6. The summed E-state index contributed by atoms with van der Waals surface area (Å²) in [7, 11) is 0. The third-order valence-corrected chi connectivity index (χ3v) is 2.05. The molecule has 1 amide bonds. The molecule has 1 aromatic carbocycles. The van der Waals surface area contributed by atoms with Crippen LogP contribution < -0.4 is 5.48 Å². The van der Waals surface area contributed by atoms with Gasteiger partial charge in [0, 0.05) is 0 Å². The molecule has 0 saturated carbocycles. The van der Waals surface area contributed by atoms with Crippen LogP contribution in [0.15, 0.2) is 30.3 Å². The van der Waals surface area contributed by atoms with Crippen molar-refractivity contribution in [1.82, 2.24) is 5.48 Å². The Morgan fingerprint density at radius 2 is 1.78 bits per heavy atom. The fourth-order valence-corrected chi connectivity index (χ4v) is 0.994. The summed E-state index contributed by atoms with van der Waals surface area (Å²) >= 11 is 0. The second kappa shape index (κ2) is 6.05. The van der Waals surface area contributed by atoms with E-state index in [9.17, 15) is 9.59 Å². The summed E-state index contributed by atoms with van der Waals surface area (Å²) in [5, 5.41) is 0. The van der Waals surface area contributed by atoms with Crippen LogP contribution in [-0.4, -0.2) is 12.1 Å². The zero-order valence-corrected chi connectivity index (χ0v) is 10.7. The molecule has 5 nitrogen and oxygen atoms in total. The van der Waals surface area contributed by atoms with E-state index in [2.05, 4.69) is 4.84 Å². The van der Waals surface area contributed by atoms with Crippen molar-refractivity contribution in [2.24, 2.45) is 5.41 Å². The first-order valence-corrected chi connectivity index (χ1v) is 5.57. The molecule has 18 heavy (non-hydrogen) atoms. The van der Waals surface area contributed by atoms with Gasteiger partial charge in [0.25, 0.3) is 0 Å². The second-order valence-corrected chi connectivity index (χ2v) is 4.80. The van der Waals surface area contributed by atoms with E-state index in [0.717, 1.165) is 5.56 Å². The van der Waals surface area contributed by atoms with Gasteiger partial charge in [0.2, 0.25) is 0 Å². The summed E-state index contributed by atoms with van der Waals surface area (Å²) in [5.74, 6) is -0.529. The summed E-state index contributed by atoms with van der Waals surface area (Å²) in [4.78, 5) is 27.2. The number of ether oxygens (including phenoxy) is 1. The van der Waals surface area contributed by atoms with E-state index in [0.29, 0.717) is 0 Å². The number of hydrogen-bond acceptors (Lipinski definition) is 4. The van der Waals surface area contributed by atoms with Crippen LogP contribution in [0.25, 0.3) is 0 Å². The Morgan fingerprint density at radius 1 is 1.17 bits per heavy atom. The van der Waals surface area contributed by atoms with E-state index in [4.69, 9.17) is 4.74 Å². The number of hydrogen-bond donors (Lipinski definition) is 1. The second-order valence-electron chi connectivity index (χ2n) is 4.80. The van der Waals surface area contributed by atoms with Crippen molar-refractivity contribution in [3.8, 4) is 0 Å². The first kappa shape index (κ1) is 14.0.